The van der Waals surface area contributed by atoms with Gasteiger partial charge in [0.15, 0.2) is 0 Å². The Hall–Kier alpha value is -0.240. The molecule has 1 aliphatic carbocycles. The first-order valence-electron chi connectivity index (χ1n) is 4.04. The lowest BCUT2D eigenvalue weighted by Crippen LogP contribution is -2.16. The van der Waals surface area contributed by atoms with Crippen LogP contribution >= 0.6 is 11.6 Å². The van der Waals surface area contributed by atoms with E-state index in [1.807, 2.05) is 0 Å². The standard InChI is InChI=1S/C8H13ClO2/c9-7-3-1-6(2-4-7)5-8(10)11/h6-7H,1-5H2,(H,10,11). The highest BCUT2D eigenvalue weighted by Gasteiger charge is 2.20. The summed E-state index contributed by atoms with van der Waals surface area (Å²) in [5.74, 6) is -0.300. The second-order valence-electron chi connectivity index (χ2n) is 3.22. The summed E-state index contributed by atoms with van der Waals surface area (Å²) in [6, 6.07) is 0. The van der Waals surface area contributed by atoms with E-state index >= 15 is 0 Å². The quantitative estimate of drug-likeness (QED) is 0.656. The topological polar surface area (TPSA) is 37.3 Å². The molecule has 0 spiro atoms. The Morgan fingerprint density at radius 3 is 2.36 bits per heavy atom. The molecule has 0 aromatic rings. The molecule has 1 saturated carbocycles. The van der Waals surface area contributed by atoms with Crippen LogP contribution in [-0.4, -0.2) is 16.5 Å². The molecule has 64 valence electrons. The molecule has 0 aromatic carbocycles. The van der Waals surface area contributed by atoms with E-state index in [0.29, 0.717) is 17.7 Å². The molecule has 0 radical (unpaired) electrons. The number of hydrogen-bond acceptors (Lipinski definition) is 1. The summed E-state index contributed by atoms with van der Waals surface area (Å²) in [5.41, 5.74) is 0. The summed E-state index contributed by atoms with van der Waals surface area (Å²) in [6.45, 7) is 0. The lowest BCUT2D eigenvalue weighted by Gasteiger charge is -2.23. The predicted octanol–water partition coefficient (Wildman–Crippen LogP) is 2.26. The lowest BCUT2D eigenvalue weighted by molar-refractivity contribution is -0.138. The molecule has 11 heavy (non-hydrogen) atoms. The fourth-order valence-corrected chi connectivity index (χ4v) is 1.82. The van der Waals surface area contributed by atoms with Gasteiger partial charge in [-0.05, 0) is 31.6 Å². The number of hydrogen-bond donors (Lipinski definition) is 1. The van der Waals surface area contributed by atoms with Crippen LogP contribution in [0.1, 0.15) is 32.1 Å². The van der Waals surface area contributed by atoms with Crippen molar-refractivity contribution < 1.29 is 9.90 Å². The van der Waals surface area contributed by atoms with Gasteiger partial charge in [0.2, 0.25) is 0 Å². The number of carboxylic acids is 1. The molecule has 1 N–H and O–H groups in total. The Labute approximate surface area is 71.5 Å². The van der Waals surface area contributed by atoms with E-state index in [9.17, 15) is 4.79 Å². The van der Waals surface area contributed by atoms with Crippen LogP contribution in [-0.2, 0) is 4.79 Å². The summed E-state index contributed by atoms with van der Waals surface area (Å²) in [4.78, 5) is 10.3. The maximum Gasteiger partial charge on any atom is 0.303 e. The molecule has 0 heterocycles. The van der Waals surface area contributed by atoms with Gasteiger partial charge < -0.3 is 5.11 Å². The van der Waals surface area contributed by atoms with Crippen molar-refractivity contribution in [2.24, 2.45) is 5.92 Å². The zero-order chi connectivity index (χ0) is 8.27. The van der Waals surface area contributed by atoms with Crippen LogP contribution in [0.3, 0.4) is 0 Å². The maximum atomic E-state index is 10.3. The van der Waals surface area contributed by atoms with Crippen LogP contribution in [0, 0.1) is 5.92 Å². The molecule has 0 aromatic heterocycles. The molecule has 0 unspecified atom stereocenters. The Balaban J connectivity index is 2.22. The molecule has 0 aliphatic heterocycles. The second kappa shape index (κ2) is 3.96. The molecule has 0 atom stereocenters. The van der Waals surface area contributed by atoms with Gasteiger partial charge in [0.25, 0.3) is 0 Å². The molecule has 0 bridgehead atoms. The molecule has 1 fully saturated rings. The van der Waals surface area contributed by atoms with E-state index in [0.717, 1.165) is 25.7 Å². The van der Waals surface area contributed by atoms with Crippen LogP contribution in [0.15, 0.2) is 0 Å². The molecule has 0 amide bonds. The van der Waals surface area contributed by atoms with E-state index < -0.39 is 5.97 Å². The van der Waals surface area contributed by atoms with Gasteiger partial charge in [-0.1, -0.05) is 0 Å². The predicted molar refractivity (Wildman–Crippen MR) is 43.9 cm³/mol. The number of aliphatic carboxylic acids is 1. The number of rotatable bonds is 2. The number of carbonyl (C=O) groups is 1. The number of carboxylic acid groups (broad SMARTS) is 1. The minimum atomic E-state index is -0.678. The van der Waals surface area contributed by atoms with E-state index in [1.54, 1.807) is 0 Å². The second-order valence-corrected chi connectivity index (χ2v) is 3.83. The van der Waals surface area contributed by atoms with Crippen LogP contribution in [0.2, 0.25) is 0 Å². The zero-order valence-corrected chi connectivity index (χ0v) is 7.18. The molecular weight excluding hydrogens is 164 g/mol. The first kappa shape index (κ1) is 8.85. The van der Waals surface area contributed by atoms with E-state index in [-0.39, 0.29) is 0 Å². The Bertz CT molecular complexity index is 139. The SMILES string of the molecule is O=C(O)CC1CCC(Cl)CC1. The van der Waals surface area contributed by atoms with Gasteiger partial charge in [-0.25, -0.2) is 0 Å². The average molecular weight is 177 g/mol. The van der Waals surface area contributed by atoms with Crippen LogP contribution < -0.4 is 0 Å². The summed E-state index contributed by atoms with van der Waals surface area (Å²) in [7, 11) is 0. The van der Waals surface area contributed by atoms with Crippen LogP contribution in [0.25, 0.3) is 0 Å². The summed E-state index contributed by atoms with van der Waals surface area (Å²) in [6.07, 6.45) is 4.27. The highest BCUT2D eigenvalue weighted by Crippen LogP contribution is 2.29. The van der Waals surface area contributed by atoms with Crippen molar-refractivity contribution >= 4 is 17.6 Å². The van der Waals surface area contributed by atoms with Gasteiger partial charge in [0.1, 0.15) is 0 Å². The molecule has 0 saturated heterocycles. The molecule has 1 aliphatic rings. The smallest absolute Gasteiger partial charge is 0.303 e. The van der Waals surface area contributed by atoms with Gasteiger partial charge in [0, 0.05) is 11.8 Å². The molecule has 1 rings (SSSR count). The molecular formula is C8H13ClO2. The zero-order valence-electron chi connectivity index (χ0n) is 6.42. The Kier molecular flexibility index (Phi) is 3.18. The number of alkyl halides is 1. The van der Waals surface area contributed by atoms with Crippen LogP contribution in [0.5, 0.6) is 0 Å². The van der Waals surface area contributed by atoms with Crippen molar-refractivity contribution in [3.63, 3.8) is 0 Å². The van der Waals surface area contributed by atoms with Crippen molar-refractivity contribution in [2.75, 3.05) is 0 Å². The first-order valence-corrected chi connectivity index (χ1v) is 4.48. The highest BCUT2D eigenvalue weighted by atomic mass is 35.5. The van der Waals surface area contributed by atoms with Crippen molar-refractivity contribution in [1.29, 1.82) is 0 Å². The van der Waals surface area contributed by atoms with Crippen molar-refractivity contribution in [2.45, 2.75) is 37.5 Å². The molecule has 3 heteroatoms. The Morgan fingerprint density at radius 1 is 1.36 bits per heavy atom. The summed E-state index contributed by atoms with van der Waals surface area (Å²) >= 11 is 5.87. The fourth-order valence-electron chi connectivity index (χ4n) is 1.57. The van der Waals surface area contributed by atoms with Crippen LogP contribution in [0.4, 0.5) is 0 Å². The van der Waals surface area contributed by atoms with Gasteiger partial charge in [-0.3, -0.25) is 4.79 Å². The van der Waals surface area contributed by atoms with Gasteiger partial charge in [-0.15, -0.1) is 11.6 Å². The average Bonchev–Trinajstić information content (AvgIpc) is 1.93. The molecule has 2 nitrogen and oxygen atoms in total. The summed E-state index contributed by atoms with van der Waals surface area (Å²) < 4.78 is 0. The van der Waals surface area contributed by atoms with E-state index in [2.05, 4.69) is 0 Å². The first-order chi connectivity index (χ1) is 5.18. The van der Waals surface area contributed by atoms with Crippen molar-refractivity contribution in [1.82, 2.24) is 0 Å². The van der Waals surface area contributed by atoms with Crippen molar-refractivity contribution in [3.05, 3.63) is 0 Å². The number of halogens is 1. The van der Waals surface area contributed by atoms with Gasteiger partial charge >= 0.3 is 5.97 Å². The third kappa shape index (κ3) is 3.10. The van der Waals surface area contributed by atoms with Crippen molar-refractivity contribution in [3.8, 4) is 0 Å². The minimum Gasteiger partial charge on any atom is -0.481 e. The summed E-state index contributed by atoms with van der Waals surface area (Å²) in [5, 5.41) is 8.79. The van der Waals surface area contributed by atoms with E-state index in [4.69, 9.17) is 16.7 Å². The third-order valence-corrected chi connectivity index (χ3v) is 2.68. The Morgan fingerprint density at radius 2 is 1.91 bits per heavy atom. The van der Waals surface area contributed by atoms with E-state index in [1.165, 1.54) is 0 Å². The maximum absolute atomic E-state index is 10.3. The third-order valence-electron chi connectivity index (χ3n) is 2.24. The highest BCUT2D eigenvalue weighted by molar-refractivity contribution is 6.20. The fraction of sp³-hybridized carbons (Fsp3) is 0.875. The monoisotopic (exact) mass is 176 g/mol. The largest absolute Gasteiger partial charge is 0.481 e. The lowest BCUT2D eigenvalue weighted by atomic mass is 9.87. The van der Waals surface area contributed by atoms with Gasteiger partial charge in [-0.2, -0.15) is 0 Å². The normalized spacial score (nSPS) is 31.7. The van der Waals surface area contributed by atoms with Gasteiger partial charge in [0.05, 0.1) is 0 Å². The minimum absolute atomic E-state index is 0.292.